The highest BCUT2D eigenvalue weighted by Gasteiger charge is 2.21. The number of hydrogen-bond donors (Lipinski definition) is 1. The van der Waals surface area contributed by atoms with Gasteiger partial charge < -0.3 is 5.32 Å². The summed E-state index contributed by atoms with van der Waals surface area (Å²) in [5.41, 5.74) is 1.12. The number of nitrogens with one attached hydrogen (secondary N) is 1. The van der Waals surface area contributed by atoms with E-state index in [1.165, 1.54) is 16.4 Å². The Kier molecular flexibility index (Phi) is 3.97. The molecule has 1 aromatic heterocycles. The van der Waals surface area contributed by atoms with Crippen molar-refractivity contribution in [1.82, 2.24) is 15.5 Å². The highest BCUT2D eigenvalue weighted by Crippen LogP contribution is 2.32. The molecule has 3 rings (SSSR count). The molecule has 2 aromatic rings. The van der Waals surface area contributed by atoms with Gasteiger partial charge in [0.25, 0.3) is 0 Å². The predicted molar refractivity (Wildman–Crippen MR) is 85.6 cm³/mol. The van der Waals surface area contributed by atoms with Crippen LogP contribution in [0.25, 0.3) is 10.6 Å². The number of rotatable bonds is 4. The zero-order valence-electron chi connectivity index (χ0n) is 9.49. The van der Waals surface area contributed by atoms with Gasteiger partial charge in [-0.05, 0) is 53.6 Å². The van der Waals surface area contributed by atoms with E-state index in [-0.39, 0.29) is 0 Å². The van der Waals surface area contributed by atoms with Gasteiger partial charge in [0, 0.05) is 26.2 Å². The average molecular weight is 436 g/mol. The second-order valence-electron chi connectivity index (χ2n) is 4.28. The van der Waals surface area contributed by atoms with E-state index in [2.05, 4.69) is 72.2 Å². The van der Waals surface area contributed by atoms with Crippen LogP contribution in [0.4, 0.5) is 0 Å². The van der Waals surface area contributed by atoms with E-state index in [1.54, 1.807) is 11.3 Å². The van der Waals surface area contributed by atoms with Crippen molar-refractivity contribution in [2.24, 2.45) is 0 Å². The molecule has 1 aliphatic rings. The molecule has 0 radical (unpaired) electrons. The van der Waals surface area contributed by atoms with Crippen LogP contribution in [0.3, 0.4) is 0 Å². The molecule has 1 fully saturated rings. The van der Waals surface area contributed by atoms with Crippen molar-refractivity contribution in [1.29, 1.82) is 0 Å². The zero-order valence-corrected chi connectivity index (χ0v) is 14.0. The monoisotopic (exact) mass is 435 g/mol. The lowest BCUT2D eigenvalue weighted by atomic mass is 10.2. The average Bonchev–Trinajstić information content (AvgIpc) is 3.08. The third-order valence-electron chi connectivity index (χ3n) is 2.74. The van der Waals surface area contributed by atoms with Crippen molar-refractivity contribution in [3.8, 4) is 10.6 Å². The van der Waals surface area contributed by atoms with Gasteiger partial charge in [0.15, 0.2) is 0 Å². The first-order valence-corrected chi connectivity index (χ1v) is 8.42. The maximum Gasteiger partial charge on any atom is 0.149 e. The van der Waals surface area contributed by atoms with Gasteiger partial charge in [0.05, 0.1) is 0 Å². The molecule has 0 amide bonds. The van der Waals surface area contributed by atoms with Gasteiger partial charge in [0.1, 0.15) is 10.0 Å². The molecule has 1 aromatic carbocycles. The quantitative estimate of drug-likeness (QED) is 0.741. The third-order valence-corrected chi connectivity index (χ3v) is 5.06. The van der Waals surface area contributed by atoms with Crippen LogP contribution in [0.1, 0.15) is 17.8 Å². The van der Waals surface area contributed by atoms with Crippen LogP contribution in [0.15, 0.2) is 22.7 Å². The van der Waals surface area contributed by atoms with Crippen LogP contribution in [-0.2, 0) is 6.54 Å². The summed E-state index contributed by atoms with van der Waals surface area (Å²) in [6, 6.07) is 6.97. The van der Waals surface area contributed by atoms with Crippen LogP contribution >= 0.6 is 49.9 Å². The summed E-state index contributed by atoms with van der Waals surface area (Å²) in [6.07, 6.45) is 2.60. The number of benzene rings is 1. The molecule has 0 aliphatic heterocycles. The predicted octanol–water partition coefficient (Wildman–Crippen LogP) is 3.82. The summed E-state index contributed by atoms with van der Waals surface area (Å²) >= 11 is 7.54. The molecule has 0 spiro atoms. The SMILES string of the molecule is Brc1ccc(I)cc1-c1nnc(CNC2CC2)s1. The molecular formula is C12H11BrIN3S. The Labute approximate surface area is 132 Å². The molecule has 94 valence electrons. The summed E-state index contributed by atoms with van der Waals surface area (Å²) < 4.78 is 2.28. The number of aromatic nitrogens is 2. The summed E-state index contributed by atoms with van der Waals surface area (Å²) in [6.45, 7) is 0.837. The molecule has 1 heterocycles. The van der Waals surface area contributed by atoms with Gasteiger partial charge in [0.2, 0.25) is 0 Å². The summed E-state index contributed by atoms with van der Waals surface area (Å²) in [7, 11) is 0. The Bertz CT molecular complexity index is 568. The molecular weight excluding hydrogens is 425 g/mol. The molecule has 3 nitrogen and oxygen atoms in total. The number of hydrogen-bond acceptors (Lipinski definition) is 4. The molecule has 1 N–H and O–H groups in total. The highest BCUT2D eigenvalue weighted by atomic mass is 127. The van der Waals surface area contributed by atoms with Gasteiger partial charge in [-0.25, -0.2) is 0 Å². The first-order chi connectivity index (χ1) is 8.72. The molecule has 6 heteroatoms. The fourth-order valence-electron chi connectivity index (χ4n) is 1.61. The number of nitrogens with zero attached hydrogens (tertiary/aromatic N) is 2. The maximum atomic E-state index is 4.28. The van der Waals surface area contributed by atoms with Crippen molar-refractivity contribution in [2.75, 3.05) is 0 Å². The van der Waals surface area contributed by atoms with Crippen LogP contribution in [0.5, 0.6) is 0 Å². The first kappa shape index (κ1) is 13.0. The van der Waals surface area contributed by atoms with Crippen molar-refractivity contribution in [3.63, 3.8) is 0 Å². The maximum absolute atomic E-state index is 4.28. The van der Waals surface area contributed by atoms with Gasteiger partial charge in [-0.2, -0.15) is 0 Å². The summed E-state index contributed by atoms with van der Waals surface area (Å²) in [4.78, 5) is 0. The Morgan fingerprint density at radius 2 is 2.22 bits per heavy atom. The van der Waals surface area contributed by atoms with E-state index in [4.69, 9.17) is 0 Å². The lowest BCUT2D eigenvalue weighted by molar-refractivity contribution is 0.679. The standard InChI is InChI=1S/C12H11BrIN3S/c13-10-4-1-7(14)5-9(10)12-17-16-11(18-12)6-15-8-2-3-8/h1,4-5,8,15H,2-3,6H2. The minimum atomic E-state index is 0.710. The normalized spacial score (nSPS) is 15.0. The highest BCUT2D eigenvalue weighted by molar-refractivity contribution is 14.1. The topological polar surface area (TPSA) is 37.8 Å². The van der Waals surface area contributed by atoms with Crippen LogP contribution in [0, 0.1) is 3.57 Å². The molecule has 0 saturated heterocycles. The number of halogens is 2. The Hall–Kier alpha value is -0.0500. The van der Waals surface area contributed by atoms with Crippen molar-refractivity contribution >= 4 is 49.9 Å². The fourth-order valence-corrected chi connectivity index (χ4v) is 3.49. The lowest BCUT2D eigenvalue weighted by Crippen LogP contribution is -2.14. The molecule has 0 unspecified atom stereocenters. The van der Waals surface area contributed by atoms with E-state index in [9.17, 15) is 0 Å². The van der Waals surface area contributed by atoms with Gasteiger partial charge in [-0.1, -0.05) is 27.3 Å². The van der Waals surface area contributed by atoms with E-state index in [1.807, 2.05) is 0 Å². The second kappa shape index (κ2) is 5.52. The van der Waals surface area contributed by atoms with Gasteiger partial charge in [-0.3, -0.25) is 0 Å². The largest absolute Gasteiger partial charge is 0.308 e. The molecule has 18 heavy (non-hydrogen) atoms. The first-order valence-electron chi connectivity index (χ1n) is 5.73. The molecule has 1 saturated carbocycles. The van der Waals surface area contributed by atoms with Crippen molar-refractivity contribution in [3.05, 3.63) is 31.2 Å². The molecule has 0 atom stereocenters. The fraction of sp³-hybridized carbons (Fsp3) is 0.333. The Morgan fingerprint density at radius 1 is 1.39 bits per heavy atom. The third kappa shape index (κ3) is 3.09. The van der Waals surface area contributed by atoms with Crippen LogP contribution < -0.4 is 5.32 Å². The smallest absolute Gasteiger partial charge is 0.149 e. The van der Waals surface area contributed by atoms with Gasteiger partial charge >= 0.3 is 0 Å². The second-order valence-corrected chi connectivity index (χ2v) is 7.44. The minimum Gasteiger partial charge on any atom is -0.308 e. The lowest BCUT2D eigenvalue weighted by Gasteiger charge is -2.00. The summed E-state index contributed by atoms with van der Waals surface area (Å²) in [5.74, 6) is 0. The van der Waals surface area contributed by atoms with Gasteiger partial charge in [-0.15, -0.1) is 10.2 Å². The van der Waals surface area contributed by atoms with Crippen LogP contribution in [0.2, 0.25) is 0 Å². The van der Waals surface area contributed by atoms with E-state index >= 15 is 0 Å². The van der Waals surface area contributed by atoms with Crippen molar-refractivity contribution < 1.29 is 0 Å². The Balaban J connectivity index is 1.80. The summed E-state index contributed by atoms with van der Waals surface area (Å²) in [5, 5.41) is 14.0. The molecule has 1 aliphatic carbocycles. The van der Waals surface area contributed by atoms with E-state index in [0.29, 0.717) is 6.04 Å². The van der Waals surface area contributed by atoms with Crippen molar-refractivity contribution in [2.45, 2.75) is 25.4 Å². The zero-order chi connectivity index (χ0) is 12.5. The van der Waals surface area contributed by atoms with E-state index < -0.39 is 0 Å². The van der Waals surface area contributed by atoms with E-state index in [0.717, 1.165) is 26.6 Å². The Morgan fingerprint density at radius 3 is 3.00 bits per heavy atom. The van der Waals surface area contributed by atoms with Crippen LogP contribution in [-0.4, -0.2) is 16.2 Å². The minimum absolute atomic E-state index is 0.710. The molecule has 0 bridgehead atoms.